The minimum atomic E-state index is 0.112. The molecule has 0 spiro atoms. The van der Waals surface area contributed by atoms with Crippen molar-refractivity contribution < 1.29 is 0 Å². The Bertz CT molecular complexity index is 1690. The van der Waals surface area contributed by atoms with Crippen LogP contribution < -0.4 is 0 Å². The zero-order valence-electron chi connectivity index (χ0n) is 21.1. The van der Waals surface area contributed by atoms with E-state index in [4.69, 9.17) is 21.0 Å². The quantitative estimate of drug-likeness (QED) is 0.198. The molecule has 0 unspecified atom stereocenters. The monoisotopic (exact) mass is 566 g/mol. The maximum absolute atomic E-state index is 9.15. The van der Waals surface area contributed by atoms with Gasteiger partial charge in [0.05, 0.1) is 0 Å². The summed E-state index contributed by atoms with van der Waals surface area (Å²) in [7, 11) is 0. The van der Waals surface area contributed by atoms with Gasteiger partial charge >= 0.3 is 0 Å². The Balaban J connectivity index is 1.73. The Hall–Kier alpha value is -3.76. The van der Waals surface area contributed by atoms with E-state index in [1.54, 1.807) is 57.5 Å². The van der Waals surface area contributed by atoms with E-state index in [1.807, 2.05) is 24.3 Å². The zero-order chi connectivity index (χ0) is 27.2. The highest BCUT2D eigenvalue weighted by atomic mass is 32.1. The van der Waals surface area contributed by atoms with E-state index in [2.05, 4.69) is 51.1 Å². The Morgan fingerprint density at radius 2 is 0.974 bits per heavy atom. The summed E-state index contributed by atoms with van der Waals surface area (Å²) in [5.74, 6) is 0. The van der Waals surface area contributed by atoms with Gasteiger partial charge in [-0.3, -0.25) is 0 Å². The van der Waals surface area contributed by atoms with Crippen LogP contribution in [0.15, 0.2) is 41.5 Å². The number of allylic oxidation sites excluding steroid dienone is 2. The summed E-state index contributed by atoms with van der Waals surface area (Å²) < 4.78 is 0. The van der Waals surface area contributed by atoms with Crippen LogP contribution in [0, 0.1) is 45.3 Å². The van der Waals surface area contributed by atoms with Crippen molar-refractivity contribution in [2.24, 2.45) is 0 Å². The van der Waals surface area contributed by atoms with Crippen LogP contribution in [0.5, 0.6) is 0 Å². The molecule has 4 aromatic rings. The zero-order valence-corrected chi connectivity index (χ0v) is 24.4. The van der Waals surface area contributed by atoms with Crippen molar-refractivity contribution in [3.05, 3.63) is 67.9 Å². The molecule has 4 aromatic heterocycles. The lowest BCUT2D eigenvalue weighted by Gasteiger charge is -1.98. The molecule has 0 bridgehead atoms. The van der Waals surface area contributed by atoms with Crippen LogP contribution >= 0.6 is 45.3 Å². The molecule has 0 aliphatic rings. The normalized spacial score (nSPS) is 10.2. The Morgan fingerprint density at radius 3 is 1.39 bits per heavy atom. The highest BCUT2D eigenvalue weighted by Crippen LogP contribution is 2.47. The second kappa shape index (κ2) is 12.2. The molecule has 0 radical (unpaired) electrons. The Kier molecular flexibility index (Phi) is 8.75. The van der Waals surface area contributed by atoms with Crippen molar-refractivity contribution in [2.45, 2.75) is 40.0 Å². The van der Waals surface area contributed by atoms with Gasteiger partial charge < -0.3 is 0 Å². The summed E-state index contributed by atoms with van der Waals surface area (Å²) in [5.41, 5.74) is 3.97. The Labute approximate surface area is 238 Å². The molecule has 0 saturated carbocycles. The second-order valence-electron chi connectivity index (χ2n) is 8.26. The highest BCUT2D eigenvalue weighted by Gasteiger charge is 2.19. The van der Waals surface area contributed by atoms with E-state index < -0.39 is 0 Å². The van der Waals surface area contributed by atoms with Crippen molar-refractivity contribution in [2.75, 3.05) is 0 Å². The number of hydrogen-bond acceptors (Lipinski definition) is 8. The fourth-order valence-corrected chi connectivity index (χ4v) is 9.12. The molecule has 0 aliphatic carbocycles. The third-order valence-electron chi connectivity index (χ3n) is 5.94. The molecule has 0 fully saturated rings. The third-order valence-corrected chi connectivity index (χ3v) is 11.0. The van der Waals surface area contributed by atoms with E-state index in [9.17, 15) is 0 Å². The summed E-state index contributed by atoms with van der Waals surface area (Å²) in [5, 5.41) is 36.6. The van der Waals surface area contributed by atoms with Crippen LogP contribution in [0.3, 0.4) is 0 Å². The molecule has 0 amide bonds. The number of nitriles is 4. The van der Waals surface area contributed by atoms with Gasteiger partial charge in [0.25, 0.3) is 0 Å². The third kappa shape index (κ3) is 5.56. The summed E-state index contributed by atoms with van der Waals surface area (Å²) >= 11 is 6.81. The molecule has 4 heterocycles. The smallest absolute Gasteiger partial charge is 0.131 e. The number of nitrogens with zero attached hydrogens (tertiary/aromatic N) is 4. The van der Waals surface area contributed by atoms with Crippen molar-refractivity contribution in [1.29, 1.82) is 21.0 Å². The average Bonchev–Trinajstić information content (AvgIpc) is 3.74. The van der Waals surface area contributed by atoms with Crippen LogP contribution in [0.4, 0.5) is 0 Å². The molecule has 0 aliphatic heterocycles. The first-order valence-corrected chi connectivity index (χ1v) is 15.3. The second-order valence-corrected chi connectivity index (χ2v) is 12.6. The van der Waals surface area contributed by atoms with E-state index in [0.717, 1.165) is 29.0 Å². The SMILES string of the molecule is CCc1cc(C=C(C#N)C#N)sc1-c1ccc(-c2sc(-c3sc(C=C(C#N)C#N)cc3CC)cc2CC)s1. The minimum Gasteiger partial charge on any atom is -0.192 e. The van der Waals surface area contributed by atoms with Crippen LogP contribution in [-0.2, 0) is 19.3 Å². The minimum absolute atomic E-state index is 0.112. The maximum Gasteiger partial charge on any atom is 0.131 e. The maximum atomic E-state index is 9.15. The molecule has 0 atom stereocenters. The number of aryl methyl sites for hydroxylation is 3. The highest BCUT2D eigenvalue weighted by molar-refractivity contribution is 7.29. The van der Waals surface area contributed by atoms with Gasteiger partial charge in [-0.05, 0) is 78.4 Å². The van der Waals surface area contributed by atoms with Crippen molar-refractivity contribution in [3.63, 3.8) is 0 Å². The first-order valence-electron chi connectivity index (χ1n) is 12.0. The summed E-state index contributed by atoms with van der Waals surface area (Å²) in [6.45, 7) is 6.42. The lowest BCUT2D eigenvalue weighted by atomic mass is 10.1. The molecular formula is C30H22N4S4. The van der Waals surface area contributed by atoms with Gasteiger partial charge in [0.15, 0.2) is 0 Å². The average molecular weight is 567 g/mol. The predicted octanol–water partition coefficient (Wildman–Crippen LogP) is 9.48. The van der Waals surface area contributed by atoms with Crippen molar-refractivity contribution in [1.82, 2.24) is 0 Å². The number of hydrogen-bond donors (Lipinski definition) is 0. The molecule has 8 heteroatoms. The van der Waals surface area contributed by atoms with Gasteiger partial charge in [-0.1, -0.05) is 20.8 Å². The summed E-state index contributed by atoms with van der Waals surface area (Å²) in [4.78, 5) is 9.12. The summed E-state index contributed by atoms with van der Waals surface area (Å²) in [6.07, 6.45) is 6.00. The first-order chi connectivity index (χ1) is 18.5. The van der Waals surface area contributed by atoms with Gasteiger partial charge in [-0.25, -0.2) is 0 Å². The number of rotatable bonds is 8. The molecule has 4 rings (SSSR count). The van der Waals surface area contributed by atoms with Crippen LogP contribution in [-0.4, -0.2) is 0 Å². The molecule has 38 heavy (non-hydrogen) atoms. The van der Waals surface area contributed by atoms with Crippen LogP contribution in [0.1, 0.15) is 47.2 Å². The number of thiophene rings is 4. The standard InChI is InChI=1S/C30H22N4S4/c1-4-20-11-23(9-18(14-31)15-32)35-28(20)25-7-8-26(37-25)29-22(6-3)13-27(38-29)30-21(5-2)12-24(36-30)10-19(16-33)17-34/h7-13H,4-6H2,1-3H3. The van der Waals surface area contributed by atoms with Gasteiger partial charge in [0, 0.05) is 39.0 Å². The van der Waals surface area contributed by atoms with E-state index >= 15 is 0 Å². The predicted molar refractivity (Wildman–Crippen MR) is 161 cm³/mol. The lowest BCUT2D eigenvalue weighted by molar-refractivity contribution is 1.15. The molecule has 0 aromatic carbocycles. The molecular weight excluding hydrogens is 545 g/mol. The van der Waals surface area contributed by atoms with Crippen molar-refractivity contribution >= 4 is 57.5 Å². The fourth-order valence-electron chi connectivity index (χ4n) is 4.04. The lowest BCUT2D eigenvalue weighted by Crippen LogP contribution is -1.78. The van der Waals surface area contributed by atoms with Crippen LogP contribution in [0.25, 0.3) is 41.4 Å². The largest absolute Gasteiger partial charge is 0.192 e. The van der Waals surface area contributed by atoms with Gasteiger partial charge in [-0.15, -0.1) is 45.3 Å². The van der Waals surface area contributed by atoms with E-state index in [1.165, 1.54) is 46.0 Å². The Morgan fingerprint density at radius 1 is 0.579 bits per heavy atom. The molecule has 0 saturated heterocycles. The van der Waals surface area contributed by atoms with Gasteiger partial charge in [-0.2, -0.15) is 21.0 Å². The van der Waals surface area contributed by atoms with E-state index in [0.29, 0.717) is 0 Å². The van der Waals surface area contributed by atoms with Crippen molar-refractivity contribution in [3.8, 4) is 53.5 Å². The molecule has 186 valence electrons. The first kappa shape index (κ1) is 27.3. The van der Waals surface area contributed by atoms with Crippen LogP contribution in [0.2, 0.25) is 0 Å². The fraction of sp³-hybridized carbons (Fsp3) is 0.200. The topological polar surface area (TPSA) is 95.2 Å². The summed E-state index contributed by atoms with van der Waals surface area (Å²) in [6, 6.07) is 18.6. The van der Waals surface area contributed by atoms with Gasteiger partial charge in [0.1, 0.15) is 35.4 Å². The van der Waals surface area contributed by atoms with Gasteiger partial charge in [0.2, 0.25) is 0 Å². The molecule has 0 N–H and O–H groups in total. The van der Waals surface area contributed by atoms with E-state index in [-0.39, 0.29) is 11.1 Å². The molecule has 4 nitrogen and oxygen atoms in total.